The predicted molar refractivity (Wildman–Crippen MR) is 73.5 cm³/mol. The molecule has 1 aromatic carbocycles. The Labute approximate surface area is 116 Å². The molecule has 0 saturated heterocycles. The maximum absolute atomic E-state index is 11.9. The molecule has 104 valence electrons. The molecule has 0 fully saturated rings. The van der Waals surface area contributed by atoms with Crippen molar-refractivity contribution >= 4 is 11.6 Å². The highest BCUT2D eigenvalue weighted by Crippen LogP contribution is 2.23. The van der Waals surface area contributed by atoms with Crippen LogP contribution in [0.15, 0.2) is 36.9 Å². The van der Waals surface area contributed by atoms with Crippen LogP contribution >= 0.6 is 0 Å². The van der Waals surface area contributed by atoms with Gasteiger partial charge in [0.1, 0.15) is 12.1 Å². The van der Waals surface area contributed by atoms with Crippen LogP contribution in [0.3, 0.4) is 0 Å². The minimum atomic E-state index is -0.307. The van der Waals surface area contributed by atoms with Crippen LogP contribution in [0.1, 0.15) is 22.8 Å². The number of benzene rings is 1. The molecule has 0 bridgehead atoms. The number of ether oxygens (including phenoxy) is 1. The Bertz CT molecular complexity index is 587. The van der Waals surface area contributed by atoms with Crippen LogP contribution in [-0.4, -0.2) is 27.6 Å². The average molecular weight is 273 g/mol. The summed E-state index contributed by atoms with van der Waals surface area (Å²) in [7, 11) is 0. The van der Waals surface area contributed by atoms with Crippen molar-refractivity contribution in [3.8, 4) is 5.75 Å². The number of carbonyl (C=O) groups excluding carboxylic acids is 1. The third kappa shape index (κ3) is 3.30. The minimum absolute atomic E-state index is 0.159. The van der Waals surface area contributed by atoms with Crippen molar-refractivity contribution in [1.82, 2.24) is 9.97 Å². The molecule has 1 aromatic heterocycles. The second-order valence-corrected chi connectivity index (χ2v) is 3.99. The van der Waals surface area contributed by atoms with E-state index in [0.717, 1.165) is 0 Å². The average Bonchev–Trinajstić information content (AvgIpc) is 2.50. The number of hydrogen-bond acceptors (Lipinski definition) is 5. The van der Waals surface area contributed by atoms with E-state index in [9.17, 15) is 9.90 Å². The van der Waals surface area contributed by atoms with Crippen molar-refractivity contribution in [2.24, 2.45) is 0 Å². The van der Waals surface area contributed by atoms with E-state index in [0.29, 0.717) is 29.2 Å². The van der Waals surface area contributed by atoms with Gasteiger partial charge in [0.2, 0.25) is 0 Å². The highest BCUT2D eigenvalue weighted by atomic mass is 16.5. The van der Waals surface area contributed by atoms with Crippen LogP contribution in [0.5, 0.6) is 5.75 Å². The second-order valence-electron chi connectivity index (χ2n) is 3.99. The molecule has 2 aromatic rings. The molecule has 0 aliphatic rings. The Balaban J connectivity index is 2.16. The van der Waals surface area contributed by atoms with E-state index < -0.39 is 0 Å². The first-order valence-electron chi connectivity index (χ1n) is 6.17. The summed E-state index contributed by atoms with van der Waals surface area (Å²) in [6, 6.07) is 5.10. The third-order valence-electron chi connectivity index (χ3n) is 2.61. The Hall–Kier alpha value is -2.47. The summed E-state index contributed by atoms with van der Waals surface area (Å²) in [4.78, 5) is 19.5. The molecule has 2 rings (SSSR count). The van der Waals surface area contributed by atoms with Gasteiger partial charge in [-0.25, -0.2) is 9.97 Å². The summed E-state index contributed by atoms with van der Waals surface area (Å²) in [5, 5.41) is 12.0. The highest BCUT2D eigenvalue weighted by Gasteiger charge is 2.09. The number of amides is 1. The number of aromatic nitrogens is 2. The van der Waals surface area contributed by atoms with Gasteiger partial charge in [-0.1, -0.05) is 0 Å². The number of nitrogens with one attached hydrogen (secondary N) is 1. The standard InChI is InChI=1S/C14H15N3O3/c1-2-20-13-4-3-12(5-10(13)8-18)17-14(19)11-6-15-9-16-7-11/h3-7,9,18H,2,8H2,1H3,(H,17,19). The SMILES string of the molecule is CCOc1ccc(NC(=O)c2cncnc2)cc1CO. The van der Waals surface area contributed by atoms with Crippen molar-refractivity contribution in [3.63, 3.8) is 0 Å². The van der Waals surface area contributed by atoms with Crippen LogP contribution in [0.2, 0.25) is 0 Å². The lowest BCUT2D eigenvalue weighted by atomic mass is 10.2. The zero-order valence-electron chi connectivity index (χ0n) is 11.0. The second kappa shape index (κ2) is 6.63. The Kier molecular flexibility index (Phi) is 4.62. The van der Waals surface area contributed by atoms with Gasteiger partial charge in [0.15, 0.2) is 0 Å². The number of hydrogen-bond donors (Lipinski definition) is 2. The number of aliphatic hydroxyl groups is 1. The molecule has 1 amide bonds. The summed E-state index contributed by atoms with van der Waals surface area (Å²) in [5.74, 6) is 0.301. The van der Waals surface area contributed by atoms with Gasteiger partial charge in [-0.3, -0.25) is 4.79 Å². The van der Waals surface area contributed by atoms with Crippen LogP contribution in [0.25, 0.3) is 0 Å². The zero-order valence-corrected chi connectivity index (χ0v) is 11.0. The van der Waals surface area contributed by atoms with Gasteiger partial charge in [-0.05, 0) is 25.1 Å². The molecule has 0 aliphatic carbocycles. The summed E-state index contributed by atoms with van der Waals surface area (Å²) in [6.45, 7) is 2.22. The van der Waals surface area contributed by atoms with Gasteiger partial charge in [0.05, 0.1) is 18.8 Å². The fourth-order valence-electron chi connectivity index (χ4n) is 1.70. The molecule has 0 atom stereocenters. The number of carbonyl (C=O) groups is 1. The molecular weight excluding hydrogens is 258 g/mol. The lowest BCUT2D eigenvalue weighted by Gasteiger charge is -2.11. The summed E-state index contributed by atoms with van der Waals surface area (Å²) in [6.07, 6.45) is 4.23. The molecule has 6 nitrogen and oxygen atoms in total. The molecule has 0 radical (unpaired) electrons. The van der Waals surface area contributed by atoms with E-state index in [1.807, 2.05) is 6.92 Å². The monoisotopic (exact) mass is 273 g/mol. The fraction of sp³-hybridized carbons (Fsp3) is 0.214. The molecule has 0 saturated carbocycles. The number of rotatable bonds is 5. The van der Waals surface area contributed by atoms with Crippen molar-refractivity contribution in [2.45, 2.75) is 13.5 Å². The van der Waals surface area contributed by atoms with E-state index in [4.69, 9.17) is 4.74 Å². The van der Waals surface area contributed by atoms with Crippen molar-refractivity contribution in [1.29, 1.82) is 0 Å². The number of anilines is 1. The molecule has 2 N–H and O–H groups in total. The smallest absolute Gasteiger partial charge is 0.258 e. The van der Waals surface area contributed by atoms with E-state index in [1.165, 1.54) is 18.7 Å². The first kappa shape index (κ1) is 14.0. The largest absolute Gasteiger partial charge is 0.494 e. The lowest BCUT2D eigenvalue weighted by molar-refractivity contribution is 0.102. The summed E-state index contributed by atoms with van der Waals surface area (Å²) >= 11 is 0. The molecule has 1 heterocycles. The van der Waals surface area contributed by atoms with E-state index in [2.05, 4.69) is 15.3 Å². The van der Waals surface area contributed by atoms with Crippen molar-refractivity contribution in [2.75, 3.05) is 11.9 Å². The first-order chi connectivity index (χ1) is 9.74. The van der Waals surface area contributed by atoms with Crippen molar-refractivity contribution < 1.29 is 14.6 Å². The Morgan fingerprint density at radius 3 is 2.75 bits per heavy atom. The Morgan fingerprint density at radius 1 is 1.35 bits per heavy atom. The molecule has 20 heavy (non-hydrogen) atoms. The van der Waals surface area contributed by atoms with Gasteiger partial charge in [-0.15, -0.1) is 0 Å². The van der Waals surface area contributed by atoms with Crippen LogP contribution in [-0.2, 0) is 6.61 Å². The molecule has 0 unspecified atom stereocenters. The first-order valence-corrected chi connectivity index (χ1v) is 6.17. The minimum Gasteiger partial charge on any atom is -0.494 e. The molecule has 0 spiro atoms. The summed E-state index contributed by atoms with van der Waals surface area (Å²) < 4.78 is 5.38. The highest BCUT2D eigenvalue weighted by molar-refractivity contribution is 6.03. The fourth-order valence-corrected chi connectivity index (χ4v) is 1.70. The Morgan fingerprint density at radius 2 is 2.10 bits per heavy atom. The van der Waals surface area contributed by atoms with Gasteiger partial charge in [0.25, 0.3) is 5.91 Å². The third-order valence-corrected chi connectivity index (χ3v) is 2.61. The molecule has 0 aliphatic heterocycles. The van der Waals surface area contributed by atoms with Gasteiger partial charge < -0.3 is 15.2 Å². The zero-order chi connectivity index (χ0) is 14.4. The van der Waals surface area contributed by atoms with Crippen molar-refractivity contribution in [3.05, 3.63) is 48.0 Å². The van der Waals surface area contributed by atoms with Crippen LogP contribution in [0.4, 0.5) is 5.69 Å². The normalized spacial score (nSPS) is 10.1. The predicted octanol–water partition coefficient (Wildman–Crippen LogP) is 1.62. The van der Waals surface area contributed by atoms with Gasteiger partial charge in [0, 0.05) is 23.6 Å². The summed E-state index contributed by atoms with van der Waals surface area (Å²) in [5.41, 5.74) is 1.56. The van der Waals surface area contributed by atoms with E-state index in [-0.39, 0.29) is 12.5 Å². The number of aliphatic hydroxyl groups excluding tert-OH is 1. The number of nitrogens with zero attached hydrogens (tertiary/aromatic N) is 2. The molecular formula is C14H15N3O3. The maximum atomic E-state index is 11.9. The van der Waals surface area contributed by atoms with Crippen LogP contribution < -0.4 is 10.1 Å². The van der Waals surface area contributed by atoms with E-state index in [1.54, 1.807) is 18.2 Å². The molecule has 6 heteroatoms. The van der Waals surface area contributed by atoms with Crippen LogP contribution in [0, 0.1) is 0 Å². The quantitative estimate of drug-likeness (QED) is 0.864. The van der Waals surface area contributed by atoms with Gasteiger partial charge >= 0.3 is 0 Å². The maximum Gasteiger partial charge on any atom is 0.258 e. The topological polar surface area (TPSA) is 84.3 Å². The van der Waals surface area contributed by atoms with E-state index >= 15 is 0 Å². The van der Waals surface area contributed by atoms with Gasteiger partial charge in [-0.2, -0.15) is 0 Å². The lowest BCUT2D eigenvalue weighted by Crippen LogP contribution is -2.12.